The van der Waals surface area contributed by atoms with Gasteiger partial charge in [0.25, 0.3) is 0 Å². The lowest BCUT2D eigenvalue weighted by molar-refractivity contribution is -0.138. The van der Waals surface area contributed by atoms with Crippen LogP contribution in [-0.2, 0) is 9.59 Å². The van der Waals surface area contributed by atoms with Crippen molar-refractivity contribution in [3.05, 3.63) is 37.2 Å². The van der Waals surface area contributed by atoms with Crippen LogP contribution in [0.25, 0.3) is 0 Å². The molecule has 1 N–H and O–H groups in total. The molecule has 0 unspecified atom stereocenters. The number of carbonyl (C=O) groups is 2. The second-order valence-electron chi connectivity index (χ2n) is 5.60. The van der Waals surface area contributed by atoms with Gasteiger partial charge in [-0.15, -0.1) is 0 Å². The SMILES string of the molecule is C=CC(=O)N(CC)CC(=O)N1CCC(Nc2cccnc2)CC1. The van der Waals surface area contributed by atoms with E-state index in [-0.39, 0.29) is 18.4 Å². The van der Waals surface area contributed by atoms with E-state index in [4.69, 9.17) is 0 Å². The Balaban J connectivity index is 1.80. The Labute approximate surface area is 137 Å². The lowest BCUT2D eigenvalue weighted by Crippen LogP contribution is -2.47. The zero-order valence-corrected chi connectivity index (χ0v) is 13.6. The average Bonchev–Trinajstić information content (AvgIpc) is 2.60. The van der Waals surface area contributed by atoms with Gasteiger partial charge >= 0.3 is 0 Å². The number of carbonyl (C=O) groups excluding carboxylic acids is 2. The second-order valence-corrected chi connectivity index (χ2v) is 5.60. The van der Waals surface area contributed by atoms with Crippen LogP contribution in [0.4, 0.5) is 5.69 Å². The molecule has 0 radical (unpaired) electrons. The maximum Gasteiger partial charge on any atom is 0.246 e. The standard InChI is InChI=1S/C17H24N4O2/c1-3-16(22)20(4-2)13-17(23)21-10-7-14(8-11-21)19-15-6-5-9-18-12-15/h3,5-6,9,12,14,19H,1,4,7-8,10-11,13H2,2H3. The molecule has 0 saturated carbocycles. The van der Waals surface area contributed by atoms with Crippen LogP contribution in [0.15, 0.2) is 37.2 Å². The molecular formula is C17H24N4O2. The highest BCUT2D eigenvalue weighted by Crippen LogP contribution is 2.16. The summed E-state index contributed by atoms with van der Waals surface area (Å²) in [7, 11) is 0. The predicted octanol–water partition coefficient (Wildman–Crippen LogP) is 1.52. The quantitative estimate of drug-likeness (QED) is 0.808. The average molecular weight is 316 g/mol. The second kappa shape index (κ2) is 8.31. The molecule has 1 aromatic rings. The van der Waals surface area contributed by atoms with Crippen molar-refractivity contribution in [1.29, 1.82) is 0 Å². The van der Waals surface area contributed by atoms with Crippen LogP contribution < -0.4 is 5.32 Å². The van der Waals surface area contributed by atoms with E-state index in [2.05, 4.69) is 16.9 Å². The third kappa shape index (κ3) is 4.81. The minimum atomic E-state index is -0.200. The molecule has 0 atom stereocenters. The van der Waals surface area contributed by atoms with Crippen molar-refractivity contribution < 1.29 is 9.59 Å². The third-order valence-electron chi connectivity index (χ3n) is 4.07. The summed E-state index contributed by atoms with van der Waals surface area (Å²) in [4.78, 5) is 31.4. The number of anilines is 1. The van der Waals surface area contributed by atoms with Gasteiger partial charge in [-0.2, -0.15) is 0 Å². The molecule has 6 nitrogen and oxygen atoms in total. The third-order valence-corrected chi connectivity index (χ3v) is 4.07. The lowest BCUT2D eigenvalue weighted by Gasteiger charge is -2.34. The number of likely N-dealkylation sites (tertiary alicyclic amines) is 1. The number of nitrogens with one attached hydrogen (secondary N) is 1. The van der Waals surface area contributed by atoms with Gasteiger partial charge in [-0.05, 0) is 38.0 Å². The van der Waals surface area contributed by atoms with E-state index in [1.165, 1.54) is 11.0 Å². The van der Waals surface area contributed by atoms with Crippen molar-refractivity contribution in [2.24, 2.45) is 0 Å². The van der Waals surface area contributed by atoms with Gasteiger partial charge in [0.2, 0.25) is 11.8 Å². The van der Waals surface area contributed by atoms with Crippen LogP contribution in [0.1, 0.15) is 19.8 Å². The molecule has 0 aromatic carbocycles. The van der Waals surface area contributed by atoms with Crippen LogP contribution >= 0.6 is 0 Å². The molecule has 2 rings (SSSR count). The zero-order valence-electron chi connectivity index (χ0n) is 13.6. The summed E-state index contributed by atoms with van der Waals surface area (Å²) in [5.41, 5.74) is 1.01. The van der Waals surface area contributed by atoms with Crippen molar-refractivity contribution in [3.8, 4) is 0 Å². The minimum absolute atomic E-state index is 0.00174. The van der Waals surface area contributed by atoms with Crippen LogP contribution in [0.2, 0.25) is 0 Å². The molecule has 23 heavy (non-hydrogen) atoms. The minimum Gasteiger partial charge on any atom is -0.381 e. The lowest BCUT2D eigenvalue weighted by atomic mass is 10.0. The van der Waals surface area contributed by atoms with Gasteiger partial charge in [0.05, 0.1) is 12.2 Å². The Bertz CT molecular complexity index is 539. The number of amides is 2. The first-order valence-electron chi connectivity index (χ1n) is 7.99. The zero-order chi connectivity index (χ0) is 16.7. The van der Waals surface area contributed by atoms with Crippen LogP contribution in [0, 0.1) is 0 Å². The van der Waals surface area contributed by atoms with E-state index in [0.29, 0.717) is 25.7 Å². The van der Waals surface area contributed by atoms with Crippen molar-refractivity contribution >= 4 is 17.5 Å². The summed E-state index contributed by atoms with van der Waals surface area (Å²) in [6.07, 6.45) is 6.58. The first-order valence-corrected chi connectivity index (χ1v) is 7.99. The topological polar surface area (TPSA) is 65.5 Å². The van der Waals surface area contributed by atoms with Crippen LogP contribution in [-0.4, -0.2) is 58.8 Å². The van der Waals surface area contributed by atoms with Gasteiger partial charge in [-0.1, -0.05) is 6.58 Å². The molecule has 2 amide bonds. The Hall–Kier alpha value is -2.37. The number of piperidine rings is 1. The van der Waals surface area contributed by atoms with Gasteiger partial charge in [0, 0.05) is 38.1 Å². The Morgan fingerprint density at radius 1 is 1.48 bits per heavy atom. The number of hydrogen-bond acceptors (Lipinski definition) is 4. The van der Waals surface area contributed by atoms with Crippen LogP contribution in [0.5, 0.6) is 0 Å². The number of hydrogen-bond donors (Lipinski definition) is 1. The Morgan fingerprint density at radius 2 is 2.22 bits per heavy atom. The normalized spacial score (nSPS) is 15.1. The maximum atomic E-state index is 12.3. The van der Waals surface area contributed by atoms with Crippen molar-refractivity contribution in [1.82, 2.24) is 14.8 Å². The summed E-state index contributed by atoms with van der Waals surface area (Å²) in [6, 6.07) is 4.24. The summed E-state index contributed by atoms with van der Waals surface area (Å²) < 4.78 is 0. The molecule has 2 heterocycles. The molecule has 124 valence electrons. The summed E-state index contributed by atoms with van der Waals surface area (Å²) in [6.45, 7) is 7.38. The number of nitrogens with zero attached hydrogens (tertiary/aromatic N) is 3. The molecule has 1 aliphatic rings. The van der Waals surface area contributed by atoms with E-state index in [1.54, 1.807) is 12.4 Å². The van der Waals surface area contributed by atoms with Crippen LogP contribution in [0.3, 0.4) is 0 Å². The highest BCUT2D eigenvalue weighted by molar-refractivity contribution is 5.90. The van der Waals surface area contributed by atoms with Gasteiger partial charge < -0.3 is 15.1 Å². The number of pyridine rings is 1. The fourth-order valence-corrected chi connectivity index (χ4v) is 2.70. The summed E-state index contributed by atoms with van der Waals surface area (Å²) >= 11 is 0. The van der Waals surface area contributed by atoms with E-state index in [0.717, 1.165) is 18.5 Å². The number of rotatable bonds is 6. The molecule has 0 bridgehead atoms. The summed E-state index contributed by atoms with van der Waals surface area (Å²) in [5, 5.41) is 3.44. The molecule has 0 aliphatic carbocycles. The van der Waals surface area contributed by atoms with Gasteiger partial charge in [-0.3, -0.25) is 14.6 Å². The number of likely N-dealkylation sites (N-methyl/N-ethyl adjacent to an activating group) is 1. The van der Waals surface area contributed by atoms with Crippen molar-refractivity contribution in [2.45, 2.75) is 25.8 Å². The van der Waals surface area contributed by atoms with E-state index in [1.807, 2.05) is 24.0 Å². The monoisotopic (exact) mass is 316 g/mol. The highest BCUT2D eigenvalue weighted by Gasteiger charge is 2.24. The molecule has 1 aromatic heterocycles. The van der Waals surface area contributed by atoms with Crippen molar-refractivity contribution in [3.63, 3.8) is 0 Å². The Kier molecular flexibility index (Phi) is 6.14. The number of aromatic nitrogens is 1. The fourth-order valence-electron chi connectivity index (χ4n) is 2.70. The summed E-state index contributed by atoms with van der Waals surface area (Å²) in [5.74, 6) is -0.198. The van der Waals surface area contributed by atoms with E-state index < -0.39 is 0 Å². The molecule has 1 aliphatic heterocycles. The van der Waals surface area contributed by atoms with Gasteiger partial charge in [0.1, 0.15) is 0 Å². The predicted molar refractivity (Wildman–Crippen MR) is 89.9 cm³/mol. The fraction of sp³-hybridized carbons (Fsp3) is 0.471. The van der Waals surface area contributed by atoms with E-state index >= 15 is 0 Å². The molecule has 1 saturated heterocycles. The first-order chi connectivity index (χ1) is 11.1. The molecule has 1 fully saturated rings. The van der Waals surface area contributed by atoms with Gasteiger partial charge in [0.15, 0.2) is 0 Å². The first kappa shape index (κ1) is 17.0. The molecular weight excluding hydrogens is 292 g/mol. The van der Waals surface area contributed by atoms with Crippen molar-refractivity contribution in [2.75, 3.05) is 31.5 Å². The highest BCUT2D eigenvalue weighted by atomic mass is 16.2. The smallest absolute Gasteiger partial charge is 0.246 e. The molecule has 0 spiro atoms. The van der Waals surface area contributed by atoms with E-state index in [9.17, 15) is 9.59 Å². The largest absolute Gasteiger partial charge is 0.381 e. The Morgan fingerprint density at radius 3 is 2.78 bits per heavy atom. The van der Waals surface area contributed by atoms with Gasteiger partial charge in [-0.25, -0.2) is 0 Å². The molecule has 6 heteroatoms. The maximum absolute atomic E-state index is 12.3.